The standard InChI is InChI=1S/C13H23NO/c1-3-12(10-11(2)4-7-14)13-5-8-15-9-6-13/h4,7,12-14H,3,5-6,8-10H2,1-2H3. The normalized spacial score (nSPS) is 21.3. The van der Waals surface area contributed by atoms with Crippen LogP contribution in [0.2, 0.25) is 0 Å². The molecule has 1 fully saturated rings. The zero-order valence-corrected chi connectivity index (χ0v) is 9.96. The molecule has 1 rings (SSSR count). The molecule has 1 unspecified atom stereocenters. The van der Waals surface area contributed by atoms with E-state index in [0.717, 1.165) is 31.5 Å². The first-order chi connectivity index (χ1) is 7.27. The summed E-state index contributed by atoms with van der Waals surface area (Å²) >= 11 is 0. The summed E-state index contributed by atoms with van der Waals surface area (Å²) in [6, 6.07) is 0. The fourth-order valence-corrected chi connectivity index (χ4v) is 2.46. The van der Waals surface area contributed by atoms with E-state index >= 15 is 0 Å². The van der Waals surface area contributed by atoms with Gasteiger partial charge in [-0.05, 0) is 44.1 Å². The Morgan fingerprint density at radius 2 is 2.13 bits per heavy atom. The van der Waals surface area contributed by atoms with Gasteiger partial charge in [0.25, 0.3) is 0 Å². The second-order valence-electron chi connectivity index (χ2n) is 4.50. The topological polar surface area (TPSA) is 33.1 Å². The summed E-state index contributed by atoms with van der Waals surface area (Å²) in [5.41, 5.74) is 1.34. The summed E-state index contributed by atoms with van der Waals surface area (Å²) in [6.45, 7) is 6.29. The van der Waals surface area contributed by atoms with E-state index in [9.17, 15) is 0 Å². The quantitative estimate of drug-likeness (QED) is 0.691. The zero-order chi connectivity index (χ0) is 11.1. The number of allylic oxidation sites excluding steroid dienone is 2. The van der Waals surface area contributed by atoms with Crippen LogP contribution in [-0.2, 0) is 4.74 Å². The van der Waals surface area contributed by atoms with Crippen molar-refractivity contribution >= 4 is 6.21 Å². The zero-order valence-electron chi connectivity index (χ0n) is 9.96. The Hall–Kier alpha value is -0.630. The lowest BCUT2D eigenvalue weighted by Crippen LogP contribution is -2.23. The second kappa shape index (κ2) is 6.78. The molecule has 86 valence electrons. The molecule has 0 amide bonds. The van der Waals surface area contributed by atoms with Crippen molar-refractivity contribution in [2.75, 3.05) is 13.2 Å². The molecule has 0 aromatic heterocycles. The third kappa shape index (κ3) is 4.17. The molecule has 0 aliphatic carbocycles. The molecular weight excluding hydrogens is 186 g/mol. The van der Waals surface area contributed by atoms with E-state index < -0.39 is 0 Å². The van der Waals surface area contributed by atoms with Gasteiger partial charge in [-0.25, -0.2) is 0 Å². The Morgan fingerprint density at radius 3 is 2.67 bits per heavy atom. The van der Waals surface area contributed by atoms with Crippen LogP contribution in [0.3, 0.4) is 0 Å². The molecule has 2 heteroatoms. The molecule has 1 heterocycles. The number of nitrogens with one attached hydrogen (secondary N) is 1. The summed E-state index contributed by atoms with van der Waals surface area (Å²) in [4.78, 5) is 0. The number of hydrogen-bond donors (Lipinski definition) is 1. The van der Waals surface area contributed by atoms with Crippen LogP contribution in [-0.4, -0.2) is 19.4 Å². The van der Waals surface area contributed by atoms with Crippen molar-refractivity contribution in [1.82, 2.24) is 0 Å². The molecule has 0 aromatic carbocycles. The largest absolute Gasteiger partial charge is 0.381 e. The Kier molecular flexibility index (Phi) is 5.62. The van der Waals surface area contributed by atoms with Crippen molar-refractivity contribution in [3.8, 4) is 0 Å². The summed E-state index contributed by atoms with van der Waals surface area (Å²) in [7, 11) is 0. The molecular formula is C13H23NO. The van der Waals surface area contributed by atoms with Crippen LogP contribution < -0.4 is 0 Å². The van der Waals surface area contributed by atoms with Gasteiger partial charge >= 0.3 is 0 Å². The van der Waals surface area contributed by atoms with Crippen LogP contribution in [0.15, 0.2) is 11.6 Å². The predicted octanol–water partition coefficient (Wildman–Crippen LogP) is 3.43. The first-order valence-electron chi connectivity index (χ1n) is 6.02. The highest BCUT2D eigenvalue weighted by molar-refractivity contribution is 5.68. The third-order valence-corrected chi connectivity index (χ3v) is 3.41. The Balaban J connectivity index is 2.46. The van der Waals surface area contributed by atoms with E-state index in [2.05, 4.69) is 13.8 Å². The molecule has 0 spiro atoms. The molecule has 1 N–H and O–H groups in total. The minimum Gasteiger partial charge on any atom is -0.381 e. The molecule has 0 bridgehead atoms. The highest BCUT2D eigenvalue weighted by atomic mass is 16.5. The molecule has 0 saturated carbocycles. The molecule has 1 saturated heterocycles. The third-order valence-electron chi connectivity index (χ3n) is 3.41. The van der Waals surface area contributed by atoms with E-state index in [1.54, 1.807) is 0 Å². The first-order valence-corrected chi connectivity index (χ1v) is 6.02. The lowest BCUT2D eigenvalue weighted by molar-refractivity contribution is 0.0458. The van der Waals surface area contributed by atoms with Gasteiger partial charge in [-0.3, -0.25) is 0 Å². The van der Waals surface area contributed by atoms with Crippen molar-refractivity contribution in [3.63, 3.8) is 0 Å². The SMILES string of the molecule is CCC(CC(C)=CC=N)C1CCOCC1. The van der Waals surface area contributed by atoms with Gasteiger partial charge < -0.3 is 10.1 Å². The van der Waals surface area contributed by atoms with Crippen molar-refractivity contribution in [2.24, 2.45) is 11.8 Å². The molecule has 1 aliphatic heterocycles. The van der Waals surface area contributed by atoms with Gasteiger partial charge in [0.2, 0.25) is 0 Å². The van der Waals surface area contributed by atoms with Crippen LogP contribution in [0.4, 0.5) is 0 Å². The maximum Gasteiger partial charge on any atom is 0.0468 e. The summed E-state index contributed by atoms with van der Waals surface area (Å²) in [5, 5.41) is 7.06. The predicted molar refractivity (Wildman–Crippen MR) is 64.5 cm³/mol. The van der Waals surface area contributed by atoms with Gasteiger partial charge in [0.15, 0.2) is 0 Å². The van der Waals surface area contributed by atoms with Crippen LogP contribution in [0, 0.1) is 17.2 Å². The van der Waals surface area contributed by atoms with Gasteiger partial charge in [0.1, 0.15) is 0 Å². The Labute approximate surface area is 93.2 Å². The van der Waals surface area contributed by atoms with E-state index in [1.807, 2.05) is 6.08 Å². The monoisotopic (exact) mass is 209 g/mol. The summed E-state index contributed by atoms with van der Waals surface area (Å²) in [5.74, 6) is 1.61. The highest BCUT2D eigenvalue weighted by Crippen LogP contribution is 2.30. The Bertz CT molecular complexity index is 217. The van der Waals surface area contributed by atoms with Crippen LogP contribution >= 0.6 is 0 Å². The van der Waals surface area contributed by atoms with Crippen molar-refractivity contribution < 1.29 is 4.74 Å². The molecule has 0 radical (unpaired) electrons. The number of hydrogen-bond acceptors (Lipinski definition) is 2. The average Bonchev–Trinajstić information content (AvgIpc) is 2.27. The van der Waals surface area contributed by atoms with Gasteiger partial charge in [-0.1, -0.05) is 18.9 Å². The van der Waals surface area contributed by atoms with Gasteiger partial charge in [-0.2, -0.15) is 0 Å². The lowest BCUT2D eigenvalue weighted by atomic mass is 9.80. The molecule has 15 heavy (non-hydrogen) atoms. The van der Waals surface area contributed by atoms with Crippen LogP contribution in [0.5, 0.6) is 0 Å². The first kappa shape index (κ1) is 12.4. The summed E-state index contributed by atoms with van der Waals surface area (Å²) in [6.07, 6.45) is 8.14. The van der Waals surface area contributed by atoms with Crippen LogP contribution in [0.1, 0.15) is 39.5 Å². The maximum absolute atomic E-state index is 7.06. The van der Waals surface area contributed by atoms with Crippen molar-refractivity contribution in [2.45, 2.75) is 39.5 Å². The van der Waals surface area contributed by atoms with Crippen molar-refractivity contribution in [3.05, 3.63) is 11.6 Å². The molecule has 1 atom stereocenters. The fourth-order valence-electron chi connectivity index (χ4n) is 2.46. The smallest absolute Gasteiger partial charge is 0.0468 e. The second-order valence-corrected chi connectivity index (χ2v) is 4.50. The van der Waals surface area contributed by atoms with Crippen LogP contribution in [0.25, 0.3) is 0 Å². The van der Waals surface area contributed by atoms with E-state index in [-0.39, 0.29) is 0 Å². The van der Waals surface area contributed by atoms with Gasteiger partial charge in [-0.15, -0.1) is 0 Å². The van der Waals surface area contributed by atoms with Gasteiger partial charge in [0, 0.05) is 19.4 Å². The molecule has 1 aliphatic rings. The summed E-state index contributed by atoms with van der Waals surface area (Å²) < 4.78 is 5.40. The van der Waals surface area contributed by atoms with Gasteiger partial charge in [0.05, 0.1) is 0 Å². The van der Waals surface area contributed by atoms with E-state index in [0.29, 0.717) is 0 Å². The minimum atomic E-state index is 0.782. The number of ether oxygens (including phenoxy) is 1. The molecule has 2 nitrogen and oxygen atoms in total. The molecule has 0 aromatic rings. The average molecular weight is 209 g/mol. The van der Waals surface area contributed by atoms with Crippen molar-refractivity contribution in [1.29, 1.82) is 5.41 Å². The highest BCUT2D eigenvalue weighted by Gasteiger charge is 2.22. The maximum atomic E-state index is 7.06. The Morgan fingerprint density at radius 1 is 1.47 bits per heavy atom. The fraction of sp³-hybridized carbons (Fsp3) is 0.769. The lowest BCUT2D eigenvalue weighted by Gasteiger charge is -2.29. The minimum absolute atomic E-state index is 0.782. The van der Waals surface area contributed by atoms with E-state index in [4.69, 9.17) is 10.1 Å². The number of rotatable bonds is 5. The van der Waals surface area contributed by atoms with E-state index in [1.165, 1.54) is 31.1 Å².